The zero-order valence-electron chi connectivity index (χ0n) is 21.9. The highest BCUT2D eigenvalue weighted by molar-refractivity contribution is 6.52. The van der Waals surface area contributed by atoms with Crippen molar-refractivity contribution in [2.24, 2.45) is 5.92 Å². The number of aromatic amines is 1. The Bertz CT molecular complexity index is 1510. The predicted octanol–water partition coefficient (Wildman–Crippen LogP) is 5.44. The summed E-state index contributed by atoms with van der Waals surface area (Å²) < 4.78 is 55.9. The molecule has 3 aromatic rings. The van der Waals surface area contributed by atoms with Crippen molar-refractivity contribution in [1.29, 1.82) is 0 Å². The maximum absolute atomic E-state index is 13.8. The van der Waals surface area contributed by atoms with Gasteiger partial charge < -0.3 is 14.2 Å². The van der Waals surface area contributed by atoms with Crippen LogP contribution in [-0.2, 0) is 20.7 Å². The Kier molecular flexibility index (Phi) is 8.88. The first-order valence-electron chi connectivity index (χ1n) is 13.0. The number of aromatic nitrogens is 1. The van der Waals surface area contributed by atoms with Gasteiger partial charge in [0.25, 0.3) is 11.7 Å². The molecule has 0 radical (unpaired) electrons. The van der Waals surface area contributed by atoms with Crippen LogP contribution >= 0.6 is 23.2 Å². The number of carbonyl (C=O) groups is 3. The Morgan fingerprint density at radius 1 is 1.05 bits per heavy atom. The highest BCUT2D eigenvalue weighted by Crippen LogP contribution is 2.37. The molecular weight excluding hydrogens is 600 g/mol. The molecule has 1 N–H and O–H groups in total. The lowest BCUT2D eigenvalue weighted by Gasteiger charge is -2.22. The van der Waals surface area contributed by atoms with E-state index in [-0.39, 0.29) is 35.8 Å². The van der Waals surface area contributed by atoms with Crippen LogP contribution in [0.3, 0.4) is 0 Å². The molecule has 1 saturated carbocycles. The van der Waals surface area contributed by atoms with Gasteiger partial charge in [0.1, 0.15) is 22.4 Å². The molecule has 5 rings (SSSR count). The second kappa shape index (κ2) is 12.6. The Labute approximate surface area is 248 Å². The van der Waals surface area contributed by atoms with E-state index < -0.39 is 42.6 Å². The maximum atomic E-state index is 13.8. The molecule has 42 heavy (non-hydrogen) atoms. The van der Waals surface area contributed by atoms with Crippen molar-refractivity contribution in [2.45, 2.75) is 31.8 Å². The van der Waals surface area contributed by atoms with E-state index in [4.69, 9.17) is 32.7 Å². The molecule has 1 fully saturated rings. The van der Waals surface area contributed by atoms with Gasteiger partial charge >= 0.3 is 12.6 Å². The number of alkyl halides is 2. The smallest absolute Gasteiger partial charge is 0.387 e. The standard InChI is InChI=1S/C29H23Cl2F3N2O6/c30-21-10-35-11-22(31)20(21)7-17(16-3-6-24(42-29(33)34)25(8-16)40-13-15-1-2-15)14-41-26(37)12-36-23-9-18(32)4-5-19(23)27(38)28(36)39/h3-6,8-11,15,17,29H,1-2,7,12-14H2/p+1/t17-/m1/s1. The summed E-state index contributed by atoms with van der Waals surface area (Å²) in [6.07, 6.45) is 5.19. The number of anilines is 1. The van der Waals surface area contributed by atoms with Crippen LogP contribution in [0.4, 0.5) is 18.9 Å². The summed E-state index contributed by atoms with van der Waals surface area (Å²) in [7, 11) is 0. The molecule has 2 heterocycles. The first-order valence-corrected chi connectivity index (χ1v) is 13.7. The lowest BCUT2D eigenvalue weighted by molar-refractivity contribution is -0.377. The number of benzene rings is 2. The number of halogens is 5. The SMILES string of the molecule is O=C(CN1C(=O)C(=O)c2ccc(F)cc21)OC[C@@H](Cc1c(Cl)c[nH+]cc1Cl)c1ccc(OC(F)F)c(OCC2CC2)c1. The van der Waals surface area contributed by atoms with Crippen LogP contribution in [0.15, 0.2) is 48.8 Å². The van der Waals surface area contributed by atoms with Gasteiger partial charge in [-0.25, -0.2) is 9.37 Å². The van der Waals surface area contributed by atoms with Crippen LogP contribution in [0.2, 0.25) is 10.0 Å². The van der Waals surface area contributed by atoms with E-state index in [1.807, 2.05) is 0 Å². The van der Waals surface area contributed by atoms with E-state index in [0.29, 0.717) is 33.7 Å². The van der Waals surface area contributed by atoms with Crippen molar-refractivity contribution in [2.75, 3.05) is 24.7 Å². The van der Waals surface area contributed by atoms with Gasteiger partial charge in [-0.3, -0.25) is 19.3 Å². The van der Waals surface area contributed by atoms with E-state index in [0.717, 1.165) is 29.9 Å². The second-order valence-corrected chi connectivity index (χ2v) is 10.7. The van der Waals surface area contributed by atoms with Gasteiger partial charge in [0.15, 0.2) is 23.9 Å². The summed E-state index contributed by atoms with van der Waals surface area (Å²) in [5.41, 5.74) is 1.05. The number of amides is 1. The number of nitrogens with zero attached hydrogens (tertiary/aromatic N) is 1. The van der Waals surface area contributed by atoms with Crippen molar-refractivity contribution in [3.8, 4) is 11.5 Å². The highest BCUT2D eigenvalue weighted by atomic mass is 35.5. The van der Waals surface area contributed by atoms with Crippen LogP contribution in [0.25, 0.3) is 0 Å². The molecule has 1 aliphatic heterocycles. The van der Waals surface area contributed by atoms with Crippen molar-refractivity contribution in [3.05, 3.63) is 81.3 Å². The number of carbonyl (C=O) groups excluding carboxylic acids is 3. The lowest BCUT2D eigenvalue weighted by atomic mass is 9.92. The molecule has 8 nitrogen and oxygen atoms in total. The third kappa shape index (κ3) is 6.79. The van der Waals surface area contributed by atoms with Crippen molar-refractivity contribution < 1.29 is 46.7 Å². The summed E-state index contributed by atoms with van der Waals surface area (Å²) in [4.78, 5) is 41.3. The molecule has 1 amide bonds. The Hall–Kier alpha value is -3.83. The van der Waals surface area contributed by atoms with E-state index >= 15 is 0 Å². The minimum absolute atomic E-state index is 0.0120. The minimum atomic E-state index is -3.06. The number of pyridine rings is 1. The van der Waals surface area contributed by atoms with Crippen LogP contribution in [0.5, 0.6) is 11.5 Å². The fourth-order valence-electron chi connectivity index (χ4n) is 4.56. The number of Topliss-reactive ketones (excluding diaryl/α,β-unsaturated/α-hetero) is 1. The van der Waals surface area contributed by atoms with E-state index in [9.17, 15) is 27.6 Å². The van der Waals surface area contributed by atoms with Crippen LogP contribution in [-0.4, -0.2) is 44.0 Å². The van der Waals surface area contributed by atoms with Crippen molar-refractivity contribution in [3.63, 3.8) is 0 Å². The van der Waals surface area contributed by atoms with Gasteiger partial charge in [-0.2, -0.15) is 8.78 Å². The molecule has 0 spiro atoms. The zero-order valence-corrected chi connectivity index (χ0v) is 23.4. The van der Waals surface area contributed by atoms with Crippen LogP contribution in [0.1, 0.15) is 40.2 Å². The van der Waals surface area contributed by atoms with Gasteiger partial charge in [0.2, 0.25) is 0 Å². The highest BCUT2D eigenvalue weighted by Gasteiger charge is 2.37. The minimum Gasteiger partial charge on any atom is -0.489 e. The Balaban J connectivity index is 1.38. The molecule has 0 bridgehead atoms. The summed E-state index contributed by atoms with van der Waals surface area (Å²) in [6.45, 7) is -3.60. The third-order valence-corrected chi connectivity index (χ3v) is 7.62. The normalized spacial score (nSPS) is 15.1. The summed E-state index contributed by atoms with van der Waals surface area (Å²) in [6, 6.07) is 7.66. The molecule has 1 atom stereocenters. The topological polar surface area (TPSA) is 96.3 Å². The van der Waals surface area contributed by atoms with Gasteiger partial charge in [-0.15, -0.1) is 0 Å². The summed E-state index contributed by atoms with van der Waals surface area (Å²) in [5.74, 6) is -3.67. The summed E-state index contributed by atoms with van der Waals surface area (Å²) >= 11 is 12.7. The number of fused-ring (bicyclic) bond motifs is 1. The molecule has 1 aromatic heterocycles. The molecular formula is C29H24Cl2F3N2O6+. The van der Waals surface area contributed by atoms with E-state index in [2.05, 4.69) is 9.72 Å². The number of H-pyrrole nitrogens is 1. The number of hydrogen-bond donors (Lipinski definition) is 0. The quantitative estimate of drug-likeness (QED) is 0.197. The summed E-state index contributed by atoms with van der Waals surface area (Å²) in [5, 5.41) is 0.642. The number of hydrogen-bond acceptors (Lipinski definition) is 6. The lowest BCUT2D eigenvalue weighted by Crippen LogP contribution is -2.36. The second-order valence-electron chi connectivity index (χ2n) is 9.93. The van der Waals surface area contributed by atoms with Gasteiger partial charge in [0, 0.05) is 11.5 Å². The largest absolute Gasteiger partial charge is 0.489 e. The number of ether oxygens (including phenoxy) is 3. The molecule has 2 aromatic carbocycles. The number of esters is 1. The zero-order chi connectivity index (χ0) is 30.0. The van der Waals surface area contributed by atoms with Crippen LogP contribution < -0.4 is 19.4 Å². The van der Waals surface area contributed by atoms with Gasteiger partial charge in [-0.1, -0.05) is 29.3 Å². The molecule has 220 valence electrons. The molecule has 13 heteroatoms. The predicted molar refractivity (Wildman–Crippen MR) is 145 cm³/mol. The maximum Gasteiger partial charge on any atom is 0.387 e. The first kappa shape index (κ1) is 29.7. The number of nitrogens with one attached hydrogen (secondary N) is 1. The average molecular weight is 624 g/mol. The van der Waals surface area contributed by atoms with Gasteiger partial charge in [-0.05, 0) is 61.1 Å². The van der Waals surface area contributed by atoms with Gasteiger partial charge in [0.05, 0.1) is 24.5 Å². The Morgan fingerprint density at radius 2 is 1.79 bits per heavy atom. The van der Waals surface area contributed by atoms with Crippen LogP contribution in [0, 0.1) is 11.7 Å². The molecule has 1 aliphatic carbocycles. The number of ketones is 1. The van der Waals surface area contributed by atoms with E-state index in [1.54, 1.807) is 6.07 Å². The number of rotatable bonds is 12. The van der Waals surface area contributed by atoms with E-state index in [1.165, 1.54) is 30.6 Å². The molecule has 0 saturated heterocycles. The van der Waals surface area contributed by atoms with Crippen molar-refractivity contribution in [1.82, 2.24) is 0 Å². The fourth-order valence-corrected chi connectivity index (χ4v) is 5.09. The first-order chi connectivity index (χ1) is 20.1. The van der Waals surface area contributed by atoms with Crippen molar-refractivity contribution >= 4 is 46.5 Å². The average Bonchev–Trinajstić information content (AvgIpc) is 3.75. The fraction of sp³-hybridized carbons (Fsp3) is 0.310. The Morgan fingerprint density at radius 3 is 2.48 bits per heavy atom. The molecule has 0 unspecified atom stereocenters. The third-order valence-electron chi connectivity index (χ3n) is 6.94. The molecule has 2 aliphatic rings. The monoisotopic (exact) mass is 623 g/mol.